The normalized spacial score (nSPS) is 39.2. The molecule has 9 nitrogen and oxygen atoms in total. The number of rotatable bonds is 3. The fraction of sp³-hybridized carbons (Fsp3) is 0.909. The zero-order valence-electron chi connectivity index (χ0n) is 11.5. The van der Waals surface area contributed by atoms with Crippen molar-refractivity contribution >= 4 is 6.09 Å². The van der Waals surface area contributed by atoms with Gasteiger partial charge in [-0.1, -0.05) is 0 Å². The summed E-state index contributed by atoms with van der Waals surface area (Å²) in [5, 5.41) is 48.4. The number of ether oxygens (including phenoxy) is 2. The monoisotopic (exact) mass is 295 g/mol. The SMILES string of the molecule is CN(C)C(=O)OC[C@H](O)[C@H]1O[C@](C)(O)[C@@H](O)[C@@H](O)[C@@H]1O. The van der Waals surface area contributed by atoms with Crippen molar-refractivity contribution < 1.29 is 39.8 Å². The van der Waals surface area contributed by atoms with Crippen LogP contribution < -0.4 is 0 Å². The first-order valence-electron chi connectivity index (χ1n) is 6.04. The van der Waals surface area contributed by atoms with Gasteiger partial charge in [0, 0.05) is 14.1 Å². The highest BCUT2D eigenvalue weighted by Crippen LogP contribution is 2.29. The average Bonchev–Trinajstić information content (AvgIpc) is 2.37. The Morgan fingerprint density at radius 3 is 2.40 bits per heavy atom. The Bertz CT molecular complexity index is 347. The molecule has 5 N–H and O–H groups in total. The van der Waals surface area contributed by atoms with E-state index >= 15 is 0 Å². The predicted octanol–water partition coefficient (Wildman–Crippen LogP) is -2.76. The summed E-state index contributed by atoms with van der Waals surface area (Å²) < 4.78 is 9.68. The van der Waals surface area contributed by atoms with Crippen LogP contribution in [0.4, 0.5) is 4.79 Å². The molecule has 6 atom stereocenters. The van der Waals surface area contributed by atoms with Crippen LogP contribution in [0.3, 0.4) is 0 Å². The standard InChI is InChI=1S/C11H21NO8/c1-11(18)9(16)7(15)6(14)8(20-11)5(13)4-19-10(17)12(2)3/h5-9,13-16,18H,4H2,1-3H3/t5-,6-,7-,8+,9-,11-/m0/s1. The van der Waals surface area contributed by atoms with Gasteiger partial charge < -0.3 is 39.9 Å². The number of aliphatic hydroxyl groups excluding tert-OH is 4. The molecule has 1 amide bonds. The number of nitrogens with zero attached hydrogens (tertiary/aromatic N) is 1. The van der Waals surface area contributed by atoms with E-state index in [0.717, 1.165) is 11.8 Å². The maximum atomic E-state index is 11.2. The van der Waals surface area contributed by atoms with E-state index in [9.17, 15) is 30.3 Å². The molecule has 1 saturated heterocycles. The van der Waals surface area contributed by atoms with Crippen molar-refractivity contribution in [2.75, 3.05) is 20.7 Å². The zero-order valence-corrected chi connectivity index (χ0v) is 11.5. The van der Waals surface area contributed by atoms with Crippen LogP contribution in [0.1, 0.15) is 6.92 Å². The van der Waals surface area contributed by atoms with Gasteiger partial charge in [-0.3, -0.25) is 0 Å². The third kappa shape index (κ3) is 3.57. The Morgan fingerprint density at radius 1 is 1.35 bits per heavy atom. The van der Waals surface area contributed by atoms with Crippen molar-refractivity contribution in [1.82, 2.24) is 4.90 Å². The summed E-state index contributed by atoms with van der Waals surface area (Å²) in [6.07, 6.45) is -8.69. The molecule has 1 aliphatic heterocycles. The van der Waals surface area contributed by atoms with E-state index < -0.39 is 49.0 Å². The number of hydrogen-bond acceptors (Lipinski definition) is 8. The summed E-state index contributed by atoms with van der Waals surface area (Å²) in [4.78, 5) is 12.3. The molecule has 0 aromatic heterocycles. The number of carbonyl (C=O) groups excluding carboxylic acids is 1. The molecule has 0 spiro atoms. The van der Waals surface area contributed by atoms with E-state index in [1.54, 1.807) is 0 Å². The molecule has 0 saturated carbocycles. The van der Waals surface area contributed by atoms with Crippen LogP contribution in [-0.2, 0) is 9.47 Å². The lowest BCUT2D eigenvalue weighted by Gasteiger charge is -2.45. The smallest absolute Gasteiger partial charge is 0.409 e. The molecule has 0 radical (unpaired) electrons. The van der Waals surface area contributed by atoms with Crippen molar-refractivity contribution in [2.45, 2.75) is 43.2 Å². The van der Waals surface area contributed by atoms with Crippen LogP contribution in [0.25, 0.3) is 0 Å². The maximum absolute atomic E-state index is 11.2. The summed E-state index contributed by atoms with van der Waals surface area (Å²) in [6, 6.07) is 0. The predicted molar refractivity (Wildman–Crippen MR) is 64.6 cm³/mol. The molecule has 0 aromatic rings. The van der Waals surface area contributed by atoms with E-state index in [1.807, 2.05) is 0 Å². The minimum Gasteiger partial charge on any atom is -0.447 e. The Hall–Kier alpha value is -0.970. The van der Waals surface area contributed by atoms with Crippen LogP contribution in [0.2, 0.25) is 0 Å². The van der Waals surface area contributed by atoms with E-state index in [0.29, 0.717) is 0 Å². The van der Waals surface area contributed by atoms with Gasteiger partial charge in [-0.05, 0) is 6.92 Å². The highest BCUT2D eigenvalue weighted by Gasteiger charge is 2.52. The molecule has 9 heteroatoms. The zero-order chi connectivity index (χ0) is 15.7. The second-order valence-electron chi connectivity index (χ2n) is 5.10. The molecule has 1 aliphatic rings. The molecule has 0 aliphatic carbocycles. The van der Waals surface area contributed by atoms with Gasteiger partial charge in [-0.2, -0.15) is 0 Å². The second kappa shape index (κ2) is 6.20. The first-order valence-corrected chi connectivity index (χ1v) is 6.04. The summed E-state index contributed by atoms with van der Waals surface area (Å²) in [6.45, 7) is 0.579. The third-order valence-corrected chi connectivity index (χ3v) is 3.06. The number of hydrogen-bond donors (Lipinski definition) is 5. The Kier molecular flexibility index (Phi) is 5.30. The third-order valence-electron chi connectivity index (χ3n) is 3.06. The largest absolute Gasteiger partial charge is 0.447 e. The van der Waals surface area contributed by atoms with Gasteiger partial charge in [0.05, 0.1) is 0 Å². The highest BCUT2D eigenvalue weighted by atomic mass is 16.7. The van der Waals surface area contributed by atoms with E-state index in [1.165, 1.54) is 14.1 Å². The van der Waals surface area contributed by atoms with Crippen LogP contribution in [0.5, 0.6) is 0 Å². The van der Waals surface area contributed by atoms with E-state index in [4.69, 9.17) is 9.47 Å². The molecule has 1 rings (SSSR count). The fourth-order valence-electron chi connectivity index (χ4n) is 1.80. The van der Waals surface area contributed by atoms with E-state index in [-0.39, 0.29) is 0 Å². The van der Waals surface area contributed by atoms with Crippen molar-refractivity contribution in [3.8, 4) is 0 Å². The first-order chi connectivity index (χ1) is 9.08. The lowest BCUT2D eigenvalue weighted by atomic mass is 9.91. The van der Waals surface area contributed by atoms with Crippen molar-refractivity contribution in [2.24, 2.45) is 0 Å². The highest BCUT2D eigenvalue weighted by molar-refractivity contribution is 5.66. The van der Waals surface area contributed by atoms with Crippen molar-refractivity contribution in [3.05, 3.63) is 0 Å². The number of carbonyl (C=O) groups is 1. The minimum absolute atomic E-state index is 0.502. The van der Waals surface area contributed by atoms with Gasteiger partial charge in [0.2, 0.25) is 0 Å². The molecule has 0 aromatic carbocycles. The van der Waals surface area contributed by atoms with Gasteiger partial charge in [0.15, 0.2) is 5.79 Å². The summed E-state index contributed by atoms with van der Waals surface area (Å²) >= 11 is 0. The second-order valence-corrected chi connectivity index (χ2v) is 5.10. The van der Waals surface area contributed by atoms with Crippen molar-refractivity contribution in [1.29, 1.82) is 0 Å². The molecule has 1 fully saturated rings. The summed E-state index contributed by atoms with van der Waals surface area (Å²) in [7, 11) is 2.90. The van der Waals surface area contributed by atoms with Gasteiger partial charge in [-0.15, -0.1) is 0 Å². The van der Waals surface area contributed by atoms with Crippen LogP contribution in [-0.4, -0.2) is 93.5 Å². The molecule has 1 heterocycles. The number of aliphatic hydroxyl groups is 5. The summed E-state index contributed by atoms with van der Waals surface area (Å²) in [5.41, 5.74) is 0. The quantitative estimate of drug-likeness (QED) is 0.377. The molecular formula is C11H21NO8. The molecule has 0 unspecified atom stereocenters. The fourth-order valence-corrected chi connectivity index (χ4v) is 1.80. The molecule has 20 heavy (non-hydrogen) atoms. The van der Waals surface area contributed by atoms with Crippen molar-refractivity contribution in [3.63, 3.8) is 0 Å². The van der Waals surface area contributed by atoms with Crippen LogP contribution in [0.15, 0.2) is 0 Å². The van der Waals surface area contributed by atoms with Gasteiger partial charge in [0.25, 0.3) is 0 Å². The minimum atomic E-state index is -2.14. The van der Waals surface area contributed by atoms with Crippen LogP contribution in [0, 0.1) is 0 Å². The topological polar surface area (TPSA) is 140 Å². The maximum Gasteiger partial charge on any atom is 0.409 e. The average molecular weight is 295 g/mol. The number of amides is 1. The Balaban J connectivity index is 2.67. The lowest BCUT2D eigenvalue weighted by molar-refractivity contribution is -0.350. The molecule has 118 valence electrons. The van der Waals surface area contributed by atoms with Gasteiger partial charge >= 0.3 is 6.09 Å². The van der Waals surface area contributed by atoms with Crippen LogP contribution >= 0.6 is 0 Å². The lowest BCUT2D eigenvalue weighted by Crippen LogP contribution is -2.66. The summed E-state index contributed by atoms with van der Waals surface area (Å²) in [5.74, 6) is -2.14. The Morgan fingerprint density at radius 2 is 1.90 bits per heavy atom. The molecular weight excluding hydrogens is 274 g/mol. The van der Waals surface area contributed by atoms with Gasteiger partial charge in [0.1, 0.15) is 37.1 Å². The molecule has 0 bridgehead atoms. The Labute approximate surface area is 116 Å². The first kappa shape index (κ1) is 17.1. The van der Waals surface area contributed by atoms with Gasteiger partial charge in [-0.25, -0.2) is 4.79 Å². The van der Waals surface area contributed by atoms with E-state index in [2.05, 4.69) is 0 Å².